The van der Waals surface area contributed by atoms with Crippen molar-refractivity contribution in [2.45, 2.75) is 129 Å². The summed E-state index contributed by atoms with van der Waals surface area (Å²) in [6, 6.07) is 0. The summed E-state index contributed by atoms with van der Waals surface area (Å²) in [5, 5.41) is 21.8. The van der Waals surface area contributed by atoms with Crippen LogP contribution in [0.3, 0.4) is 0 Å². The van der Waals surface area contributed by atoms with Crippen molar-refractivity contribution in [2.75, 3.05) is 0 Å². The van der Waals surface area contributed by atoms with Crippen LogP contribution in [0.25, 0.3) is 0 Å². The molecule has 2 aliphatic carbocycles. The minimum atomic E-state index is -0.402. The zero-order valence-corrected chi connectivity index (χ0v) is 17.0. The first-order valence-electron chi connectivity index (χ1n) is 11.4. The van der Waals surface area contributed by atoms with Crippen LogP contribution >= 0.6 is 0 Å². The largest absolute Gasteiger partial charge is 0.393 e. The van der Waals surface area contributed by atoms with E-state index < -0.39 is 6.10 Å². The molecule has 0 amide bonds. The zero-order valence-electron chi connectivity index (χ0n) is 17.0. The van der Waals surface area contributed by atoms with Gasteiger partial charge in [-0.2, -0.15) is 0 Å². The average molecular weight is 353 g/mol. The fourth-order valence-electron chi connectivity index (χ4n) is 5.61. The van der Waals surface area contributed by atoms with Crippen LogP contribution in [0, 0.1) is 17.3 Å². The van der Waals surface area contributed by atoms with Crippen molar-refractivity contribution < 1.29 is 10.2 Å². The van der Waals surface area contributed by atoms with Crippen LogP contribution in [0.1, 0.15) is 117 Å². The van der Waals surface area contributed by atoms with E-state index in [2.05, 4.69) is 6.92 Å². The third-order valence-corrected chi connectivity index (χ3v) is 7.54. The second kappa shape index (κ2) is 10.9. The van der Waals surface area contributed by atoms with Gasteiger partial charge in [-0.3, -0.25) is 0 Å². The second-order valence-corrected chi connectivity index (χ2v) is 9.30. The summed E-state index contributed by atoms with van der Waals surface area (Å²) in [6.45, 7) is 4.10. The number of rotatable bonds is 10. The lowest BCUT2D eigenvalue weighted by molar-refractivity contribution is -0.0840. The molecule has 0 aliphatic heterocycles. The lowest BCUT2D eigenvalue weighted by Gasteiger charge is -2.43. The molecule has 2 fully saturated rings. The van der Waals surface area contributed by atoms with Gasteiger partial charge in [-0.15, -0.1) is 0 Å². The molecule has 0 spiro atoms. The Morgan fingerprint density at radius 2 is 1.24 bits per heavy atom. The van der Waals surface area contributed by atoms with Crippen LogP contribution < -0.4 is 0 Å². The van der Waals surface area contributed by atoms with Crippen molar-refractivity contribution >= 4 is 0 Å². The molecular weight excluding hydrogens is 308 g/mol. The molecule has 2 N–H and O–H groups in total. The molecule has 2 atom stereocenters. The highest BCUT2D eigenvalue weighted by Gasteiger charge is 2.42. The molecule has 0 aromatic heterocycles. The molecule has 0 bridgehead atoms. The van der Waals surface area contributed by atoms with Crippen molar-refractivity contribution in [2.24, 2.45) is 17.3 Å². The maximum absolute atomic E-state index is 11.0. The maximum Gasteiger partial charge on any atom is 0.0620 e. The fraction of sp³-hybridized carbons (Fsp3) is 1.00. The van der Waals surface area contributed by atoms with E-state index in [1.54, 1.807) is 0 Å². The number of aliphatic hydroxyl groups is 2. The first-order valence-corrected chi connectivity index (χ1v) is 11.4. The van der Waals surface area contributed by atoms with Crippen molar-refractivity contribution in [1.29, 1.82) is 0 Å². The van der Waals surface area contributed by atoms with Gasteiger partial charge in [0.25, 0.3) is 0 Å². The molecule has 2 unspecified atom stereocenters. The lowest BCUT2D eigenvalue weighted by Crippen LogP contribution is -2.45. The van der Waals surface area contributed by atoms with E-state index in [1.807, 2.05) is 6.92 Å². The van der Waals surface area contributed by atoms with E-state index in [0.29, 0.717) is 0 Å². The zero-order chi connectivity index (χ0) is 18.1. The Morgan fingerprint density at radius 3 is 1.60 bits per heavy atom. The fourth-order valence-corrected chi connectivity index (χ4v) is 5.61. The molecule has 2 nitrogen and oxygen atoms in total. The van der Waals surface area contributed by atoms with Gasteiger partial charge < -0.3 is 10.2 Å². The summed E-state index contributed by atoms with van der Waals surface area (Å²) < 4.78 is 0. The lowest BCUT2D eigenvalue weighted by atomic mass is 9.66. The van der Waals surface area contributed by atoms with E-state index in [4.69, 9.17) is 0 Å². The molecule has 0 heterocycles. The normalized spacial score (nSPS) is 23.5. The highest BCUT2D eigenvalue weighted by atomic mass is 16.3. The van der Waals surface area contributed by atoms with Gasteiger partial charge in [0.1, 0.15) is 0 Å². The molecule has 2 aliphatic rings. The van der Waals surface area contributed by atoms with Gasteiger partial charge in [-0.05, 0) is 50.9 Å². The summed E-state index contributed by atoms with van der Waals surface area (Å²) in [5.74, 6) is 1.66. The maximum atomic E-state index is 11.0. The van der Waals surface area contributed by atoms with Crippen LogP contribution in [0.4, 0.5) is 0 Å². The van der Waals surface area contributed by atoms with E-state index in [1.165, 1.54) is 77.0 Å². The highest BCUT2D eigenvalue weighted by molar-refractivity contribution is 4.92. The Kier molecular flexibility index (Phi) is 9.27. The predicted octanol–water partition coefficient (Wildman–Crippen LogP) is 6.24. The average Bonchev–Trinajstić information content (AvgIpc) is 2.63. The highest BCUT2D eigenvalue weighted by Crippen LogP contribution is 2.44. The smallest absolute Gasteiger partial charge is 0.0620 e. The first kappa shape index (κ1) is 21.2. The van der Waals surface area contributed by atoms with Crippen molar-refractivity contribution in [1.82, 2.24) is 0 Å². The minimum absolute atomic E-state index is 0.273. The van der Waals surface area contributed by atoms with Gasteiger partial charge in [0.05, 0.1) is 12.2 Å². The molecule has 148 valence electrons. The number of hydrogen-bond donors (Lipinski definition) is 2. The second-order valence-electron chi connectivity index (χ2n) is 9.30. The van der Waals surface area contributed by atoms with Crippen molar-refractivity contribution in [3.8, 4) is 0 Å². The Bertz CT molecular complexity index is 318. The van der Waals surface area contributed by atoms with E-state index in [0.717, 1.165) is 37.5 Å². The van der Waals surface area contributed by atoms with Crippen LogP contribution in [-0.2, 0) is 0 Å². The third-order valence-electron chi connectivity index (χ3n) is 7.54. The van der Waals surface area contributed by atoms with E-state index in [9.17, 15) is 10.2 Å². The predicted molar refractivity (Wildman–Crippen MR) is 107 cm³/mol. The molecule has 2 rings (SSSR count). The van der Waals surface area contributed by atoms with Gasteiger partial charge in [0, 0.05) is 5.41 Å². The summed E-state index contributed by atoms with van der Waals surface area (Å²) in [5.41, 5.74) is -0.273. The molecule has 25 heavy (non-hydrogen) atoms. The summed E-state index contributed by atoms with van der Waals surface area (Å²) in [4.78, 5) is 0. The quantitative estimate of drug-likeness (QED) is 0.489. The summed E-state index contributed by atoms with van der Waals surface area (Å²) >= 11 is 0. The van der Waals surface area contributed by atoms with Gasteiger partial charge in [0.2, 0.25) is 0 Å². The minimum Gasteiger partial charge on any atom is -0.393 e. The van der Waals surface area contributed by atoms with E-state index in [-0.39, 0.29) is 11.5 Å². The molecule has 0 radical (unpaired) electrons. The third kappa shape index (κ3) is 6.24. The van der Waals surface area contributed by atoms with Crippen LogP contribution in [0.15, 0.2) is 0 Å². The monoisotopic (exact) mass is 352 g/mol. The Morgan fingerprint density at radius 1 is 0.800 bits per heavy atom. The van der Waals surface area contributed by atoms with Crippen molar-refractivity contribution in [3.63, 3.8) is 0 Å². The topological polar surface area (TPSA) is 40.5 Å². The summed E-state index contributed by atoms with van der Waals surface area (Å²) in [6.07, 6.45) is 19.3. The molecular formula is C23H44O2. The van der Waals surface area contributed by atoms with Gasteiger partial charge >= 0.3 is 0 Å². The molecule has 0 aromatic rings. The molecule has 2 saturated carbocycles. The van der Waals surface area contributed by atoms with Crippen LogP contribution in [0.2, 0.25) is 0 Å². The van der Waals surface area contributed by atoms with Crippen molar-refractivity contribution in [3.05, 3.63) is 0 Å². The van der Waals surface area contributed by atoms with Crippen LogP contribution in [-0.4, -0.2) is 22.4 Å². The van der Waals surface area contributed by atoms with Gasteiger partial charge in [-0.25, -0.2) is 0 Å². The standard InChI is InChI=1S/C23H44O2/c1-3-10-22(25)23(19(2)24,17-15-20-11-6-4-7-12-20)18-16-21-13-8-5-9-14-21/h19-22,24-25H,3-18H2,1-2H3. The van der Waals surface area contributed by atoms with Gasteiger partial charge in [0.15, 0.2) is 0 Å². The Balaban J connectivity index is 2.00. The number of hydrogen-bond acceptors (Lipinski definition) is 2. The molecule has 0 aromatic carbocycles. The van der Waals surface area contributed by atoms with E-state index >= 15 is 0 Å². The Labute approximate surface area is 156 Å². The number of aliphatic hydroxyl groups excluding tert-OH is 2. The summed E-state index contributed by atoms with van der Waals surface area (Å²) in [7, 11) is 0. The molecule has 0 saturated heterocycles. The Hall–Kier alpha value is -0.0800. The molecule has 2 heteroatoms. The van der Waals surface area contributed by atoms with Crippen LogP contribution in [0.5, 0.6) is 0 Å². The SMILES string of the molecule is CCCC(O)C(CCC1CCCCC1)(CCC1CCCCC1)C(C)O. The van der Waals surface area contributed by atoms with Gasteiger partial charge in [-0.1, -0.05) is 77.6 Å². The first-order chi connectivity index (χ1) is 12.1.